The van der Waals surface area contributed by atoms with Crippen molar-refractivity contribution in [2.24, 2.45) is 0 Å². The first-order chi connectivity index (χ1) is 5.71. The Bertz CT molecular complexity index is 258. The summed E-state index contributed by atoms with van der Waals surface area (Å²) >= 11 is 6.00. The molecule has 0 aromatic carbocycles. The van der Waals surface area contributed by atoms with Gasteiger partial charge < -0.3 is 5.11 Å². The van der Waals surface area contributed by atoms with Gasteiger partial charge in [-0.15, -0.1) is 11.6 Å². The molecule has 1 saturated carbocycles. The summed E-state index contributed by atoms with van der Waals surface area (Å²) in [6, 6.07) is 0. The lowest BCUT2D eigenvalue weighted by Gasteiger charge is -2.14. The van der Waals surface area contributed by atoms with E-state index in [2.05, 4.69) is 10.1 Å². The molecule has 1 aliphatic carbocycles. The van der Waals surface area contributed by atoms with Crippen molar-refractivity contribution >= 4 is 11.6 Å². The quantitative estimate of drug-likeness (QED) is 0.698. The van der Waals surface area contributed by atoms with Crippen molar-refractivity contribution in [3.05, 3.63) is 12.7 Å². The third-order valence-electron chi connectivity index (χ3n) is 2.15. The average molecular weight is 188 g/mol. The highest BCUT2D eigenvalue weighted by molar-refractivity contribution is 6.26. The Kier molecular flexibility index (Phi) is 1.81. The third kappa shape index (κ3) is 1.44. The minimum absolute atomic E-state index is 0.383. The van der Waals surface area contributed by atoms with Crippen LogP contribution in [0, 0.1) is 0 Å². The Morgan fingerprint density at radius 3 is 2.92 bits per heavy atom. The van der Waals surface area contributed by atoms with E-state index in [0.29, 0.717) is 6.54 Å². The lowest BCUT2D eigenvalue weighted by atomic mass is 10.2. The summed E-state index contributed by atoms with van der Waals surface area (Å²) in [5.74, 6) is 0. The summed E-state index contributed by atoms with van der Waals surface area (Å²) in [6.45, 7) is 0.434. The van der Waals surface area contributed by atoms with Gasteiger partial charge in [-0.2, -0.15) is 5.10 Å². The summed E-state index contributed by atoms with van der Waals surface area (Å²) in [5.41, 5.74) is 0. The van der Waals surface area contributed by atoms with E-state index >= 15 is 0 Å². The summed E-state index contributed by atoms with van der Waals surface area (Å²) in [5, 5.41) is 13.5. The van der Waals surface area contributed by atoms with E-state index < -0.39 is 6.10 Å². The topological polar surface area (TPSA) is 50.9 Å². The summed E-state index contributed by atoms with van der Waals surface area (Å²) in [6.07, 6.45) is 4.29. The highest BCUT2D eigenvalue weighted by Crippen LogP contribution is 2.45. The highest BCUT2D eigenvalue weighted by Gasteiger charge is 2.47. The second-order valence-corrected chi connectivity index (χ2v) is 3.92. The smallest absolute Gasteiger partial charge is 0.137 e. The summed E-state index contributed by atoms with van der Waals surface area (Å²) < 4.78 is 1.59. The monoisotopic (exact) mass is 187 g/mol. The van der Waals surface area contributed by atoms with E-state index in [1.54, 1.807) is 11.0 Å². The fraction of sp³-hybridized carbons (Fsp3) is 0.714. The molecule has 1 fully saturated rings. The number of hydrogen-bond donors (Lipinski definition) is 1. The minimum Gasteiger partial charge on any atom is -0.389 e. The predicted octanol–water partition coefficient (Wildman–Crippen LogP) is 0.410. The molecule has 1 aliphatic rings. The molecule has 0 radical (unpaired) electrons. The molecule has 1 N–H and O–H groups in total. The van der Waals surface area contributed by atoms with Crippen LogP contribution in [-0.4, -0.2) is 30.8 Å². The van der Waals surface area contributed by atoms with Crippen molar-refractivity contribution < 1.29 is 5.11 Å². The molecule has 1 aromatic rings. The zero-order valence-corrected chi connectivity index (χ0v) is 7.28. The van der Waals surface area contributed by atoms with Gasteiger partial charge in [0.1, 0.15) is 12.7 Å². The molecular formula is C7H10ClN3O. The Labute approximate surface area is 75.2 Å². The minimum atomic E-state index is -0.513. The molecule has 1 unspecified atom stereocenters. The van der Waals surface area contributed by atoms with Crippen LogP contribution in [0.5, 0.6) is 0 Å². The molecule has 1 atom stereocenters. The van der Waals surface area contributed by atoms with Crippen molar-refractivity contribution in [3.8, 4) is 0 Å². The molecule has 0 aliphatic heterocycles. The number of halogens is 1. The Balaban J connectivity index is 1.95. The van der Waals surface area contributed by atoms with Crippen LogP contribution in [0.25, 0.3) is 0 Å². The van der Waals surface area contributed by atoms with Crippen LogP contribution < -0.4 is 0 Å². The number of aromatic nitrogens is 3. The Hall–Kier alpha value is -0.610. The molecular weight excluding hydrogens is 178 g/mol. The van der Waals surface area contributed by atoms with Crippen LogP contribution in [0.15, 0.2) is 12.7 Å². The van der Waals surface area contributed by atoms with Crippen LogP contribution in [0.1, 0.15) is 12.8 Å². The summed E-state index contributed by atoms with van der Waals surface area (Å²) in [4.78, 5) is 3.39. The van der Waals surface area contributed by atoms with Gasteiger partial charge in [0.05, 0.1) is 17.5 Å². The number of hydrogen-bond acceptors (Lipinski definition) is 3. The maximum absolute atomic E-state index is 9.60. The molecule has 2 rings (SSSR count). The molecule has 4 nitrogen and oxygen atoms in total. The van der Waals surface area contributed by atoms with Gasteiger partial charge in [0.15, 0.2) is 0 Å². The first-order valence-electron chi connectivity index (χ1n) is 3.90. The number of aliphatic hydroxyl groups excluding tert-OH is 1. The van der Waals surface area contributed by atoms with Crippen LogP contribution in [-0.2, 0) is 6.54 Å². The van der Waals surface area contributed by atoms with Crippen molar-refractivity contribution in [1.82, 2.24) is 14.8 Å². The van der Waals surface area contributed by atoms with Gasteiger partial charge in [-0.1, -0.05) is 0 Å². The van der Waals surface area contributed by atoms with Gasteiger partial charge in [-0.3, -0.25) is 4.68 Å². The van der Waals surface area contributed by atoms with Gasteiger partial charge in [0.25, 0.3) is 0 Å². The van der Waals surface area contributed by atoms with Gasteiger partial charge in [0, 0.05) is 0 Å². The average Bonchev–Trinajstić information content (AvgIpc) is 2.63. The van der Waals surface area contributed by atoms with E-state index in [1.807, 2.05) is 0 Å². The van der Waals surface area contributed by atoms with E-state index in [4.69, 9.17) is 11.6 Å². The first kappa shape index (κ1) is 8.01. The molecule has 0 amide bonds. The van der Waals surface area contributed by atoms with Gasteiger partial charge in [0.2, 0.25) is 0 Å². The molecule has 5 heteroatoms. The van der Waals surface area contributed by atoms with E-state index in [0.717, 1.165) is 12.8 Å². The number of alkyl halides is 1. The second-order valence-electron chi connectivity index (χ2n) is 3.17. The maximum Gasteiger partial charge on any atom is 0.137 e. The molecule has 12 heavy (non-hydrogen) atoms. The van der Waals surface area contributed by atoms with Gasteiger partial charge in [-0.05, 0) is 12.8 Å². The Morgan fingerprint density at radius 1 is 1.67 bits per heavy atom. The lowest BCUT2D eigenvalue weighted by Crippen LogP contribution is -2.27. The molecule has 0 spiro atoms. The maximum atomic E-state index is 9.60. The van der Waals surface area contributed by atoms with Gasteiger partial charge in [-0.25, -0.2) is 4.98 Å². The fourth-order valence-corrected chi connectivity index (χ4v) is 1.28. The number of rotatable bonds is 3. The predicted molar refractivity (Wildman–Crippen MR) is 43.8 cm³/mol. The standard InChI is InChI=1S/C7H10ClN3O/c8-7(1-2-7)6(12)3-11-5-9-4-10-11/h4-6,12H,1-3H2. The normalized spacial score (nSPS) is 22.2. The van der Waals surface area contributed by atoms with Crippen molar-refractivity contribution in [3.63, 3.8) is 0 Å². The first-order valence-corrected chi connectivity index (χ1v) is 4.28. The molecule has 1 aromatic heterocycles. The largest absolute Gasteiger partial charge is 0.389 e. The molecule has 66 valence electrons. The van der Waals surface area contributed by atoms with E-state index in [-0.39, 0.29) is 4.87 Å². The lowest BCUT2D eigenvalue weighted by molar-refractivity contribution is 0.137. The van der Waals surface area contributed by atoms with Crippen molar-refractivity contribution in [2.45, 2.75) is 30.4 Å². The number of nitrogens with zero attached hydrogens (tertiary/aromatic N) is 3. The summed E-state index contributed by atoms with van der Waals surface area (Å²) in [7, 11) is 0. The molecule has 1 heterocycles. The van der Waals surface area contributed by atoms with Crippen molar-refractivity contribution in [2.75, 3.05) is 0 Å². The van der Waals surface area contributed by atoms with E-state index in [1.165, 1.54) is 6.33 Å². The van der Waals surface area contributed by atoms with Crippen LogP contribution in [0.4, 0.5) is 0 Å². The molecule has 0 bridgehead atoms. The van der Waals surface area contributed by atoms with Crippen LogP contribution in [0.2, 0.25) is 0 Å². The van der Waals surface area contributed by atoms with Crippen LogP contribution >= 0.6 is 11.6 Å². The number of aliphatic hydroxyl groups is 1. The fourth-order valence-electron chi connectivity index (χ4n) is 1.12. The van der Waals surface area contributed by atoms with Gasteiger partial charge >= 0.3 is 0 Å². The zero-order valence-electron chi connectivity index (χ0n) is 6.52. The third-order valence-corrected chi connectivity index (χ3v) is 2.78. The van der Waals surface area contributed by atoms with Crippen molar-refractivity contribution in [1.29, 1.82) is 0 Å². The molecule has 0 saturated heterocycles. The van der Waals surface area contributed by atoms with Crippen LogP contribution in [0.3, 0.4) is 0 Å². The van der Waals surface area contributed by atoms with E-state index in [9.17, 15) is 5.11 Å². The Morgan fingerprint density at radius 2 is 2.42 bits per heavy atom. The highest BCUT2D eigenvalue weighted by atomic mass is 35.5. The second kappa shape index (κ2) is 2.71. The SMILES string of the molecule is OC(Cn1cncn1)C1(Cl)CC1. The zero-order chi connectivity index (χ0) is 8.60.